The van der Waals surface area contributed by atoms with Gasteiger partial charge in [-0.15, -0.1) is 0 Å². The Hall–Kier alpha value is -0.910. The maximum Gasteiger partial charge on any atom is 0.0696 e. The molecule has 112 valence electrons. The maximum atomic E-state index is 10.4. The van der Waals surface area contributed by atoms with Crippen molar-refractivity contribution in [3.05, 3.63) is 18.0 Å². The Morgan fingerprint density at radius 1 is 1.25 bits per heavy atom. The van der Waals surface area contributed by atoms with E-state index in [0.29, 0.717) is 11.8 Å². The standard InChI is InChI=1S/C15H26N4O/c20-15(13-1-6-16-7-2-13)11-19-9-4-12(5-10-19)14-3-8-17-18-14/h3,8,12-13,15-16,20H,1-2,4-7,9-11H2,(H,17,18). The van der Waals surface area contributed by atoms with Gasteiger partial charge in [-0.3, -0.25) is 5.10 Å². The minimum atomic E-state index is -0.154. The molecule has 0 aliphatic carbocycles. The van der Waals surface area contributed by atoms with E-state index in [1.165, 1.54) is 5.69 Å². The Labute approximate surface area is 120 Å². The Morgan fingerprint density at radius 2 is 2.00 bits per heavy atom. The lowest BCUT2D eigenvalue weighted by molar-refractivity contribution is 0.0425. The van der Waals surface area contributed by atoms with Crippen LogP contribution in [-0.4, -0.2) is 59.0 Å². The molecule has 1 unspecified atom stereocenters. The molecule has 3 N–H and O–H groups in total. The summed E-state index contributed by atoms with van der Waals surface area (Å²) < 4.78 is 0. The molecule has 0 spiro atoms. The molecule has 2 fully saturated rings. The van der Waals surface area contributed by atoms with Gasteiger partial charge in [0.15, 0.2) is 0 Å². The summed E-state index contributed by atoms with van der Waals surface area (Å²) in [7, 11) is 0. The Bertz CT molecular complexity index is 381. The number of H-pyrrole nitrogens is 1. The van der Waals surface area contributed by atoms with Crippen LogP contribution in [0, 0.1) is 5.92 Å². The van der Waals surface area contributed by atoms with Crippen LogP contribution in [0.1, 0.15) is 37.3 Å². The largest absolute Gasteiger partial charge is 0.392 e. The summed E-state index contributed by atoms with van der Waals surface area (Å²) >= 11 is 0. The van der Waals surface area contributed by atoms with Gasteiger partial charge in [0, 0.05) is 18.7 Å². The number of aliphatic hydroxyl groups is 1. The van der Waals surface area contributed by atoms with Crippen LogP contribution in [0.5, 0.6) is 0 Å². The van der Waals surface area contributed by atoms with E-state index in [2.05, 4.69) is 26.5 Å². The van der Waals surface area contributed by atoms with Gasteiger partial charge in [0.2, 0.25) is 0 Å². The molecule has 1 atom stereocenters. The number of β-amino-alcohol motifs (C(OH)–C–C–N with tert-alkyl or cyclic N) is 1. The smallest absolute Gasteiger partial charge is 0.0696 e. The van der Waals surface area contributed by atoms with Crippen molar-refractivity contribution in [1.29, 1.82) is 0 Å². The predicted molar refractivity (Wildman–Crippen MR) is 78.6 cm³/mol. The van der Waals surface area contributed by atoms with Gasteiger partial charge in [0.25, 0.3) is 0 Å². The third-order valence-electron chi connectivity index (χ3n) is 4.90. The summed E-state index contributed by atoms with van der Waals surface area (Å²) in [5.74, 6) is 1.08. The van der Waals surface area contributed by atoms with Gasteiger partial charge in [-0.1, -0.05) is 0 Å². The van der Waals surface area contributed by atoms with Gasteiger partial charge < -0.3 is 15.3 Å². The first kappa shape index (κ1) is 14.0. The van der Waals surface area contributed by atoms with Crippen molar-refractivity contribution in [3.8, 4) is 0 Å². The van der Waals surface area contributed by atoms with E-state index in [1.807, 2.05) is 6.20 Å². The minimum Gasteiger partial charge on any atom is -0.392 e. The van der Waals surface area contributed by atoms with Gasteiger partial charge >= 0.3 is 0 Å². The molecule has 2 aliphatic heterocycles. The number of nitrogens with one attached hydrogen (secondary N) is 2. The highest BCUT2D eigenvalue weighted by Gasteiger charge is 2.27. The summed E-state index contributed by atoms with van der Waals surface area (Å²) in [4.78, 5) is 2.43. The normalized spacial score (nSPS) is 24.9. The summed E-state index contributed by atoms with van der Waals surface area (Å²) in [6.07, 6.45) is 6.30. The molecule has 1 aromatic rings. The lowest BCUT2D eigenvalue weighted by Crippen LogP contribution is -2.43. The van der Waals surface area contributed by atoms with Gasteiger partial charge in [-0.2, -0.15) is 5.10 Å². The summed E-state index contributed by atoms with van der Waals surface area (Å²) in [6, 6.07) is 2.09. The van der Waals surface area contributed by atoms with E-state index in [1.54, 1.807) is 0 Å². The third-order valence-corrected chi connectivity index (χ3v) is 4.90. The first-order valence-electron chi connectivity index (χ1n) is 7.94. The van der Waals surface area contributed by atoms with E-state index in [9.17, 15) is 5.11 Å². The van der Waals surface area contributed by atoms with Crippen molar-refractivity contribution in [2.24, 2.45) is 5.92 Å². The van der Waals surface area contributed by atoms with Crippen LogP contribution < -0.4 is 5.32 Å². The second-order valence-electron chi connectivity index (χ2n) is 6.23. The van der Waals surface area contributed by atoms with Gasteiger partial charge in [0.05, 0.1) is 11.8 Å². The van der Waals surface area contributed by atoms with Crippen LogP contribution >= 0.6 is 0 Å². The van der Waals surface area contributed by atoms with Crippen molar-refractivity contribution in [1.82, 2.24) is 20.4 Å². The molecule has 2 aliphatic rings. The number of aromatic nitrogens is 2. The molecule has 5 heteroatoms. The Morgan fingerprint density at radius 3 is 2.65 bits per heavy atom. The first-order valence-corrected chi connectivity index (χ1v) is 7.94. The number of piperidine rings is 2. The fourth-order valence-corrected chi connectivity index (χ4v) is 3.55. The number of rotatable bonds is 4. The predicted octanol–water partition coefficient (Wildman–Crippen LogP) is 0.950. The second kappa shape index (κ2) is 6.70. The average molecular weight is 278 g/mol. The zero-order valence-electron chi connectivity index (χ0n) is 12.1. The number of likely N-dealkylation sites (tertiary alicyclic amines) is 1. The van der Waals surface area contributed by atoms with Crippen LogP contribution in [0.4, 0.5) is 0 Å². The van der Waals surface area contributed by atoms with Crippen LogP contribution in [0.25, 0.3) is 0 Å². The molecule has 3 rings (SSSR count). The van der Waals surface area contributed by atoms with Crippen molar-refractivity contribution in [2.45, 2.75) is 37.7 Å². The summed E-state index contributed by atoms with van der Waals surface area (Å²) in [6.45, 7) is 5.13. The first-order chi connectivity index (χ1) is 9.83. The highest BCUT2D eigenvalue weighted by molar-refractivity contribution is 5.06. The van der Waals surface area contributed by atoms with Crippen LogP contribution in [0.15, 0.2) is 12.3 Å². The Kier molecular flexibility index (Phi) is 4.70. The molecule has 5 nitrogen and oxygen atoms in total. The van der Waals surface area contributed by atoms with E-state index in [0.717, 1.165) is 58.4 Å². The molecular weight excluding hydrogens is 252 g/mol. The molecule has 3 heterocycles. The second-order valence-corrected chi connectivity index (χ2v) is 6.23. The van der Waals surface area contributed by atoms with Gasteiger partial charge in [0.1, 0.15) is 0 Å². The van der Waals surface area contributed by atoms with Crippen LogP contribution in [0.3, 0.4) is 0 Å². The van der Waals surface area contributed by atoms with Crippen LogP contribution in [0.2, 0.25) is 0 Å². The van der Waals surface area contributed by atoms with Gasteiger partial charge in [-0.05, 0) is 63.8 Å². The average Bonchev–Trinajstić information content (AvgIpc) is 3.03. The van der Waals surface area contributed by atoms with Crippen molar-refractivity contribution >= 4 is 0 Å². The number of aliphatic hydroxyl groups excluding tert-OH is 1. The van der Waals surface area contributed by atoms with E-state index < -0.39 is 0 Å². The molecular formula is C15H26N4O. The highest BCUT2D eigenvalue weighted by atomic mass is 16.3. The van der Waals surface area contributed by atoms with E-state index >= 15 is 0 Å². The summed E-state index contributed by atoms with van der Waals surface area (Å²) in [5, 5.41) is 21.0. The van der Waals surface area contributed by atoms with Crippen molar-refractivity contribution < 1.29 is 5.11 Å². The van der Waals surface area contributed by atoms with E-state index in [-0.39, 0.29) is 6.10 Å². The van der Waals surface area contributed by atoms with Crippen LogP contribution in [-0.2, 0) is 0 Å². The molecule has 0 bridgehead atoms. The van der Waals surface area contributed by atoms with Crippen molar-refractivity contribution in [2.75, 3.05) is 32.7 Å². The molecule has 0 aromatic carbocycles. The van der Waals surface area contributed by atoms with E-state index in [4.69, 9.17) is 0 Å². The topological polar surface area (TPSA) is 64.2 Å². The lowest BCUT2D eigenvalue weighted by Gasteiger charge is -2.35. The number of nitrogens with zero attached hydrogens (tertiary/aromatic N) is 2. The quantitative estimate of drug-likeness (QED) is 0.767. The monoisotopic (exact) mass is 278 g/mol. The molecule has 2 saturated heterocycles. The molecule has 0 radical (unpaired) electrons. The zero-order valence-corrected chi connectivity index (χ0v) is 12.1. The third kappa shape index (κ3) is 3.40. The number of aromatic amines is 1. The maximum absolute atomic E-state index is 10.4. The molecule has 0 amide bonds. The molecule has 20 heavy (non-hydrogen) atoms. The van der Waals surface area contributed by atoms with Gasteiger partial charge in [-0.25, -0.2) is 0 Å². The SMILES string of the molecule is OC(CN1CCC(c2cc[nH]n2)CC1)C1CCNCC1. The fourth-order valence-electron chi connectivity index (χ4n) is 3.55. The minimum absolute atomic E-state index is 0.154. The summed E-state index contributed by atoms with van der Waals surface area (Å²) in [5.41, 5.74) is 1.20. The highest BCUT2D eigenvalue weighted by Crippen LogP contribution is 2.27. The van der Waals surface area contributed by atoms with Crippen molar-refractivity contribution in [3.63, 3.8) is 0 Å². The zero-order chi connectivity index (χ0) is 13.8. The lowest BCUT2D eigenvalue weighted by atomic mass is 9.90. The fraction of sp³-hybridized carbons (Fsp3) is 0.800. The molecule has 0 saturated carbocycles. The number of hydrogen-bond donors (Lipinski definition) is 3. The Balaban J connectivity index is 1.44. The molecule has 1 aromatic heterocycles. The number of hydrogen-bond acceptors (Lipinski definition) is 4.